The highest BCUT2D eigenvalue weighted by Gasteiger charge is 2.38. The van der Waals surface area contributed by atoms with Gasteiger partial charge in [-0.2, -0.15) is 0 Å². The number of aryl methyl sites for hydroxylation is 1. The second kappa shape index (κ2) is 4.50. The van der Waals surface area contributed by atoms with Crippen LogP contribution in [0.25, 0.3) is 0 Å². The van der Waals surface area contributed by atoms with Crippen LogP contribution in [0.15, 0.2) is 24.3 Å². The first-order valence-electron chi connectivity index (χ1n) is 5.42. The van der Waals surface area contributed by atoms with Crippen molar-refractivity contribution < 1.29 is 9.39 Å². The van der Waals surface area contributed by atoms with Gasteiger partial charge in [-0.3, -0.25) is 0 Å². The predicted molar refractivity (Wildman–Crippen MR) is 66.8 cm³/mol. The fourth-order valence-corrected chi connectivity index (χ4v) is 1.24. The molecule has 0 bridgehead atoms. The zero-order valence-corrected chi connectivity index (χ0v) is 10.7. The van der Waals surface area contributed by atoms with Gasteiger partial charge in [0.1, 0.15) is 11.4 Å². The maximum Gasteiger partial charge on any atom is 0.283 e. The van der Waals surface area contributed by atoms with E-state index in [2.05, 4.69) is 0 Å². The molecular formula is C13H19BO2. The molecule has 0 amide bonds. The molecule has 0 saturated carbocycles. The molecule has 0 saturated heterocycles. The number of hydrogen-bond donors (Lipinski definition) is 0. The van der Waals surface area contributed by atoms with Crippen molar-refractivity contribution >= 4 is 8.05 Å². The Morgan fingerprint density at radius 2 is 1.69 bits per heavy atom. The van der Waals surface area contributed by atoms with Crippen LogP contribution in [0.4, 0.5) is 0 Å². The van der Waals surface area contributed by atoms with Gasteiger partial charge >= 0.3 is 0 Å². The molecule has 0 aliphatic heterocycles. The molecule has 0 fully saturated rings. The molecule has 0 heterocycles. The molecule has 1 rings (SSSR count). The van der Waals surface area contributed by atoms with E-state index >= 15 is 0 Å². The average molecular weight is 218 g/mol. The van der Waals surface area contributed by atoms with Crippen LogP contribution < -0.4 is 4.74 Å². The largest absolute Gasteiger partial charge is 0.485 e. The van der Waals surface area contributed by atoms with Crippen molar-refractivity contribution in [1.29, 1.82) is 0 Å². The van der Waals surface area contributed by atoms with Crippen LogP contribution in [0.5, 0.6) is 5.75 Å². The van der Waals surface area contributed by atoms with Crippen molar-refractivity contribution in [3.8, 4) is 5.75 Å². The fourth-order valence-electron chi connectivity index (χ4n) is 1.24. The molecule has 0 spiro atoms. The first-order chi connectivity index (χ1) is 7.28. The Labute approximate surface area is 99.4 Å². The third kappa shape index (κ3) is 2.79. The van der Waals surface area contributed by atoms with Crippen LogP contribution in [0, 0.1) is 6.92 Å². The third-order valence-corrected chi connectivity index (χ3v) is 3.11. The monoisotopic (exact) mass is 218 g/mol. The van der Waals surface area contributed by atoms with E-state index < -0.39 is 11.2 Å². The number of benzene rings is 1. The molecule has 1 aromatic carbocycles. The fraction of sp³-hybridized carbons (Fsp3) is 0.538. The maximum atomic E-state index is 5.93. The highest BCUT2D eigenvalue weighted by Crippen LogP contribution is 2.30. The molecule has 3 heteroatoms. The van der Waals surface area contributed by atoms with E-state index in [4.69, 9.17) is 17.4 Å². The van der Waals surface area contributed by atoms with E-state index in [9.17, 15) is 0 Å². The molecule has 0 atom stereocenters. The van der Waals surface area contributed by atoms with Crippen molar-refractivity contribution in [1.82, 2.24) is 0 Å². The molecule has 0 aliphatic carbocycles. The summed E-state index contributed by atoms with van der Waals surface area (Å²) in [6.45, 7) is 9.76. The molecule has 1 aromatic rings. The highest BCUT2D eigenvalue weighted by atomic mass is 16.5. The van der Waals surface area contributed by atoms with Crippen LogP contribution in [-0.2, 0) is 4.65 Å². The van der Waals surface area contributed by atoms with Gasteiger partial charge in [-0.1, -0.05) is 12.1 Å². The Bertz CT molecular complexity index is 359. The first kappa shape index (κ1) is 13.1. The second-order valence-corrected chi connectivity index (χ2v) is 5.06. The number of hydrogen-bond acceptors (Lipinski definition) is 2. The minimum atomic E-state index is -0.559. The molecular weight excluding hydrogens is 199 g/mol. The van der Waals surface area contributed by atoms with Crippen molar-refractivity contribution in [3.05, 3.63) is 29.8 Å². The Balaban J connectivity index is 2.88. The molecule has 0 aliphatic rings. The van der Waals surface area contributed by atoms with Gasteiger partial charge in [0, 0.05) is 0 Å². The zero-order valence-electron chi connectivity index (χ0n) is 10.7. The molecule has 86 valence electrons. The third-order valence-electron chi connectivity index (χ3n) is 3.11. The maximum absolute atomic E-state index is 5.93. The van der Waals surface area contributed by atoms with Crippen LogP contribution in [0.2, 0.25) is 0 Å². The summed E-state index contributed by atoms with van der Waals surface area (Å²) in [5.41, 5.74) is 0.103. The summed E-state index contributed by atoms with van der Waals surface area (Å²) in [4.78, 5) is 0. The van der Waals surface area contributed by atoms with Gasteiger partial charge in [0.2, 0.25) is 0 Å². The number of rotatable bonds is 4. The summed E-state index contributed by atoms with van der Waals surface area (Å²) in [6, 6.07) is 7.93. The van der Waals surface area contributed by atoms with Crippen LogP contribution in [0.1, 0.15) is 33.3 Å². The lowest BCUT2D eigenvalue weighted by Crippen LogP contribution is -2.51. The number of ether oxygens (including phenoxy) is 1. The standard InChI is InChI=1S/C13H19BO2/c1-10-7-6-8-11(9-10)15-12(2,3)13(4,5)16-14/h6-9H,1-5H3. The van der Waals surface area contributed by atoms with Crippen molar-refractivity contribution in [2.24, 2.45) is 0 Å². The van der Waals surface area contributed by atoms with Gasteiger partial charge in [-0.25, -0.2) is 0 Å². The van der Waals surface area contributed by atoms with Gasteiger partial charge in [0.15, 0.2) is 0 Å². The lowest BCUT2D eigenvalue weighted by atomic mass is 9.88. The first-order valence-corrected chi connectivity index (χ1v) is 5.42. The van der Waals surface area contributed by atoms with Crippen LogP contribution in [0.3, 0.4) is 0 Å². The Morgan fingerprint density at radius 1 is 1.06 bits per heavy atom. The topological polar surface area (TPSA) is 18.5 Å². The van der Waals surface area contributed by atoms with Gasteiger partial charge in [0.05, 0.1) is 5.60 Å². The Hall–Kier alpha value is -0.955. The minimum Gasteiger partial charge on any atom is -0.485 e. The van der Waals surface area contributed by atoms with E-state index in [0.717, 1.165) is 5.75 Å². The SMILES string of the molecule is [B]OC(C)(C)C(C)(C)Oc1cccc(C)c1. The molecule has 0 unspecified atom stereocenters. The predicted octanol–water partition coefficient (Wildman–Crippen LogP) is 3.03. The quantitative estimate of drug-likeness (QED) is 0.723. The normalized spacial score (nSPS) is 12.6. The second-order valence-electron chi connectivity index (χ2n) is 5.06. The van der Waals surface area contributed by atoms with Gasteiger partial charge < -0.3 is 9.39 Å². The van der Waals surface area contributed by atoms with Crippen LogP contribution in [-0.4, -0.2) is 19.3 Å². The van der Waals surface area contributed by atoms with Gasteiger partial charge in [-0.05, 0) is 52.3 Å². The van der Waals surface area contributed by atoms with E-state index in [1.54, 1.807) is 0 Å². The van der Waals surface area contributed by atoms with Crippen molar-refractivity contribution in [2.45, 2.75) is 45.8 Å². The molecule has 16 heavy (non-hydrogen) atoms. The molecule has 0 aromatic heterocycles. The molecule has 0 N–H and O–H groups in total. The molecule has 2 nitrogen and oxygen atoms in total. The summed E-state index contributed by atoms with van der Waals surface area (Å²) >= 11 is 0. The lowest BCUT2D eigenvalue weighted by Gasteiger charge is -2.41. The van der Waals surface area contributed by atoms with E-state index in [1.165, 1.54) is 5.56 Å². The summed E-state index contributed by atoms with van der Waals surface area (Å²) in [7, 11) is 5.30. The summed E-state index contributed by atoms with van der Waals surface area (Å²) in [5.74, 6) is 0.829. The van der Waals surface area contributed by atoms with E-state index in [1.807, 2.05) is 58.9 Å². The van der Waals surface area contributed by atoms with Crippen LogP contribution >= 0.6 is 0 Å². The van der Waals surface area contributed by atoms with Crippen molar-refractivity contribution in [2.75, 3.05) is 0 Å². The lowest BCUT2D eigenvalue weighted by molar-refractivity contribution is -0.0697. The van der Waals surface area contributed by atoms with E-state index in [0.29, 0.717) is 0 Å². The Morgan fingerprint density at radius 3 is 2.19 bits per heavy atom. The van der Waals surface area contributed by atoms with E-state index in [-0.39, 0.29) is 0 Å². The summed E-state index contributed by atoms with van der Waals surface area (Å²) < 4.78 is 10.9. The van der Waals surface area contributed by atoms with Crippen molar-refractivity contribution in [3.63, 3.8) is 0 Å². The average Bonchev–Trinajstić information content (AvgIpc) is 2.16. The zero-order chi connectivity index (χ0) is 12.4. The molecule has 2 radical (unpaired) electrons. The van der Waals surface area contributed by atoms with Gasteiger partial charge in [-0.15, -0.1) is 0 Å². The Kier molecular flexibility index (Phi) is 3.69. The summed E-state index contributed by atoms with van der Waals surface area (Å²) in [6.07, 6.45) is 0. The minimum absolute atomic E-state index is 0.504. The smallest absolute Gasteiger partial charge is 0.283 e. The van der Waals surface area contributed by atoms with Gasteiger partial charge in [0.25, 0.3) is 8.05 Å². The highest BCUT2D eigenvalue weighted by molar-refractivity contribution is 5.98. The summed E-state index contributed by atoms with van der Waals surface area (Å²) in [5, 5.41) is 0.